The van der Waals surface area contributed by atoms with Crippen molar-refractivity contribution in [1.82, 2.24) is 4.90 Å². The Hall–Kier alpha value is -0.570. The Kier molecular flexibility index (Phi) is 4.08. The van der Waals surface area contributed by atoms with E-state index in [0.29, 0.717) is 0 Å². The smallest absolute Gasteiger partial charge is 0.312 e. The fourth-order valence-corrected chi connectivity index (χ4v) is 3.20. The topological polar surface area (TPSA) is 29.5 Å². The van der Waals surface area contributed by atoms with Crippen LogP contribution in [-0.2, 0) is 9.53 Å². The minimum absolute atomic E-state index is 0.0458. The van der Waals surface area contributed by atoms with Gasteiger partial charge in [0.25, 0.3) is 0 Å². The van der Waals surface area contributed by atoms with Gasteiger partial charge in [0.1, 0.15) is 6.10 Å². The summed E-state index contributed by atoms with van der Waals surface area (Å²) in [6.07, 6.45) is 6.85. The van der Waals surface area contributed by atoms with E-state index in [9.17, 15) is 4.79 Å². The van der Waals surface area contributed by atoms with Crippen molar-refractivity contribution in [1.29, 1.82) is 0 Å². The molecule has 1 atom stereocenters. The zero-order valence-electron chi connectivity index (χ0n) is 11.2. The molecule has 2 heterocycles. The van der Waals surface area contributed by atoms with Gasteiger partial charge in [-0.25, -0.2) is 0 Å². The summed E-state index contributed by atoms with van der Waals surface area (Å²) in [6, 6.07) is 0. The number of likely N-dealkylation sites (tertiary alicyclic amines) is 1. The van der Waals surface area contributed by atoms with E-state index in [-0.39, 0.29) is 17.5 Å². The van der Waals surface area contributed by atoms with Crippen molar-refractivity contribution >= 4 is 5.97 Å². The predicted molar refractivity (Wildman–Crippen MR) is 67.8 cm³/mol. The van der Waals surface area contributed by atoms with Gasteiger partial charge in [0, 0.05) is 13.0 Å². The number of cyclic esters (lactones) is 1. The second kappa shape index (κ2) is 5.38. The molecule has 0 radical (unpaired) electrons. The van der Waals surface area contributed by atoms with Crippen LogP contribution in [0.5, 0.6) is 0 Å². The SMILES string of the molecule is CCC1(CC)CC(CN2CCCCC2)OC1=O. The summed E-state index contributed by atoms with van der Waals surface area (Å²) in [5.41, 5.74) is -0.180. The highest BCUT2D eigenvalue weighted by molar-refractivity contribution is 5.79. The first-order chi connectivity index (χ1) is 8.20. The molecule has 0 amide bonds. The fourth-order valence-electron chi connectivity index (χ4n) is 3.20. The molecule has 2 saturated heterocycles. The van der Waals surface area contributed by atoms with Crippen molar-refractivity contribution in [3.05, 3.63) is 0 Å². The van der Waals surface area contributed by atoms with E-state index in [1.54, 1.807) is 0 Å². The van der Waals surface area contributed by atoms with E-state index >= 15 is 0 Å². The molecule has 2 aliphatic heterocycles. The third-order valence-corrected chi connectivity index (χ3v) is 4.59. The lowest BCUT2D eigenvalue weighted by molar-refractivity contribution is -0.149. The van der Waals surface area contributed by atoms with Crippen LogP contribution in [-0.4, -0.2) is 36.6 Å². The first-order valence-electron chi connectivity index (χ1n) is 7.13. The summed E-state index contributed by atoms with van der Waals surface area (Å²) in [4.78, 5) is 14.4. The van der Waals surface area contributed by atoms with E-state index < -0.39 is 0 Å². The second-order valence-corrected chi connectivity index (χ2v) is 5.58. The number of nitrogens with zero attached hydrogens (tertiary/aromatic N) is 1. The number of hydrogen-bond donors (Lipinski definition) is 0. The number of ether oxygens (including phenoxy) is 1. The van der Waals surface area contributed by atoms with Gasteiger partial charge in [-0.2, -0.15) is 0 Å². The first kappa shape index (κ1) is 12.9. The average Bonchev–Trinajstić information content (AvgIpc) is 2.67. The monoisotopic (exact) mass is 239 g/mol. The zero-order chi connectivity index (χ0) is 12.3. The number of carbonyl (C=O) groups is 1. The molecule has 0 aromatic carbocycles. The lowest BCUT2D eigenvalue weighted by atomic mass is 9.79. The largest absolute Gasteiger partial charge is 0.461 e. The van der Waals surface area contributed by atoms with Crippen molar-refractivity contribution in [2.24, 2.45) is 5.41 Å². The maximum absolute atomic E-state index is 12.0. The summed E-state index contributed by atoms with van der Waals surface area (Å²) in [5, 5.41) is 0. The average molecular weight is 239 g/mol. The Morgan fingerprint density at radius 1 is 1.24 bits per heavy atom. The van der Waals surface area contributed by atoms with Crippen LogP contribution in [0.4, 0.5) is 0 Å². The van der Waals surface area contributed by atoms with E-state index in [1.165, 1.54) is 32.4 Å². The van der Waals surface area contributed by atoms with Crippen molar-refractivity contribution in [2.45, 2.75) is 58.5 Å². The third-order valence-electron chi connectivity index (χ3n) is 4.59. The molecule has 98 valence electrons. The van der Waals surface area contributed by atoms with Gasteiger partial charge in [0.05, 0.1) is 5.41 Å². The summed E-state index contributed by atoms with van der Waals surface area (Å²) in [6.45, 7) is 7.52. The molecular weight excluding hydrogens is 214 g/mol. The molecule has 0 spiro atoms. The highest BCUT2D eigenvalue weighted by Crippen LogP contribution is 2.40. The Morgan fingerprint density at radius 2 is 1.88 bits per heavy atom. The van der Waals surface area contributed by atoms with Gasteiger partial charge in [0.15, 0.2) is 0 Å². The molecular formula is C14H25NO2. The quantitative estimate of drug-likeness (QED) is 0.706. The van der Waals surface area contributed by atoms with Gasteiger partial charge >= 0.3 is 5.97 Å². The van der Waals surface area contributed by atoms with Crippen LogP contribution in [0.25, 0.3) is 0 Å². The maximum Gasteiger partial charge on any atom is 0.312 e. The molecule has 3 nitrogen and oxygen atoms in total. The first-order valence-corrected chi connectivity index (χ1v) is 7.13. The van der Waals surface area contributed by atoms with Crippen LogP contribution in [0.3, 0.4) is 0 Å². The van der Waals surface area contributed by atoms with Gasteiger partial charge in [-0.3, -0.25) is 9.69 Å². The summed E-state index contributed by atoms with van der Waals surface area (Å²) < 4.78 is 5.58. The molecule has 2 fully saturated rings. The van der Waals surface area contributed by atoms with Crippen LogP contribution < -0.4 is 0 Å². The predicted octanol–water partition coefficient (Wildman–Crippen LogP) is 2.59. The lowest BCUT2D eigenvalue weighted by Crippen LogP contribution is -2.36. The van der Waals surface area contributed by atoms with Crippen LogP contribution in [0.1, 0.15) is 52.4 Å². The highest BCUT2D eigenvalue weighted by atomic mass is 16.6. The highest BCUT2D eigenvalue weighted by Gasteiger charge is 2.46. The van der Waals surface area contributed by atoms with Crippen molar-refractivity contribution in [3.8, 4) is 0 Å². The molecule has 0 bridgehead atoms. The molecule has 0 aliphatic carbocycles. The molecule has 17 heavy (non-hydrogen) atoms. The Morgan fingerprint density at radius 3 is 2.41 bits per heavy atom. The minimum atomic E-state index is -0.180. The van der Waals surface area contributed by atoms with E-state index in [4.69, 9.17) is 4.74 Å². The Bertz CT molecular complexity index is 267. The lowest BCUT2D eigenvalue weighted by Gasteiger charge is -2.28. The Labute approximate surface area is 105 Å². The zero-order valence-corrected chi connectivity index (χ0v) is 11.2. The van der Waals surface area contributed by atoms with Crippen molar-refractivity contribution in [2.75, 3.05) is 19.6 Å². The maximum atomic E-state index is 12.0. The van der Waals surface area contributed by atoms with Gasteiger partial charge in [-0.1, -0.05) is 20.3 Å². The van der Waals surface area contributed by atoms with E-state index in [2.05, 4.69) is 18.7 Å². The van der Waals surface area contributed by atoms with Gasteiger partial charge in [0.2, 0.25) is 0 Å². The van der Waals surface area contributed by atoms with Gasteiger partial charge < -0.3 is 4.74 Å². The molecule has 0 saturated carbocycles. The standard InChI is InChI=1S/C14H25NO2/c1-3-14(4-2)10-12(17-13(14)16)11-15-8-6-5-7-9-15/h12H,3-11H2,1-2H3. The van der Waals surface area contributed by atoms with E-state index in [0.717, 1.165) is 25.8 Å². The summed E-state index contributed by atoms with van der Waals surface area (Å²) >= 11 is 0. The van der Waals surface area contributed by atoms with Crippen LogP contribution in [0.15, 0.2) is 0 Å². The molecule has 0 aromatic heterocycles. The summed E-state index contributed by atoms with van der Waals surface area (Å²) in [5.74, 6) is 0.0458. The Balaban J connectivity index is 1.89. The second-order valence-electron chi connectivity index (χ2n) is 5.58. The summed E-state index contributed by atoms with van der Waals surface area (Å²) in [7, 11) is 0. The molecule has 1 unspecified atom stereocenters. The number of rotatable bonds is 4. The van der Waals surface area contributed by atoms with Crippen LogP contribution in [0, 0.1) is 5.41 Å². The van der Waals surface area contributed by atoms with Crippen molar-refractivity contribution in [3.63, 3.8) is 0 Å². The normalized spacial score (nSPS) is 29.3. The number of carbonyl (C=O) groups excluding carboxylic acids is 1. The molecule has 2 aliphatic rings. The fraction of sp³-hybridized carbons (Fsp3) is 0.929. The number of piperidine rings is 1. The van der Waals surface area contributed by atoms with Gasteiger partial charge in [-0.05, 0) is 38.8 Å². The van der Waals surface area contributed by atoms with Crippen LogP contribution >= 0.6 is 0 Å². The molecule has 0 N–H and O–H groups in total. The minimum Gasteiger partial charge on any atom is -0.461 e. The van der Waals surface area contributed by atoms with E-state index in [1.807, 2.05) is 0 Å². The number of hydrogen-bond acceptors (Lipinski definition) is 3. The molecule has 2 rings (SSSR count). The van der Waals surface area contributed by atoms with Crippen molar-refractivity contribution < 1.29 is 9.53 Å². The molecule has 0 aromatic rings. The third kappa shape index (κ3) is 2.65. The molecule has 3 heteroatoms. The number of esters is 1. The van der Waals surface area contributed by atoms with Crippen LogP contribution in [0.2, 0.25) is 0 Å². The van der Waals surface area contributed by atoms with Gasteiger partial charge in [-0.15, -0.1) is 0 Å².